The highest BCUT2D eigenvalue weighted by Crippen LogP contribution is 2.46. The molecule has 0 heteroatoms. The van der Waals surface area contributed by atoms with Crippen LogP contribution in [0.1, 0.15) is 0 Å². The van der Waals surface area contributed by atoms with Crippen molar-refractivity contribution in [3.05, 3.63) is 170 Å². The molecule has 0 saturated carbocycles. The Bertz CT molecular complexity index is 2490. The van der Waals surface area contributed by atoms with E-state index < -0.39 is 0 Å². The summed E-state index contributed by atoms with van der Waals surface area (Å²) in [6.45, 7) is 0. The molecule has 9 aromatic rings. The van der Waals surface area contributed by atoms with Gasteiger partial charge >= 0.3 is 0 Å². The highest BCUT2D eigenvalue weighted by Gasteiger charge is 2.19. The van der Waals surface area contributed by atoms with E-state index in [0.29, 0.717) is 0 Å². The van der Waals surface area contributed by atoms with Crippen LogP contribution < -0.4 is 0 Å². The molecule has 9 aromatic carbocycles. The Morgan fingerprint density at radius 3 is 1.43 bits per heavy atom. The van der Waals surface area contributed by atoms with Crippen molar-refractivity contribution in [1.29, 1.82) is 0 Å². The normalized spacial score (nSPS) is 11.6. The highest BCUT2D eigenvalue weighted by molar-refractivity contribution is 6.25. The van der Waals surface area contributed by atoms with Gasteiger partial charge in [-0.05, 0) is 105 Å². The average Bonchev–Trinajstić information content (AvgIpc) is 3.10. The standard InChI is InChI=1S/C44H28/c1-2-13-30-26-32(25-24-29(30)12-1)31-15-11-16-34(27-31)43-38-20-7-9-22-40(38)44(41-23-10-8-21-39(41)43)42-28-33-14-3-4-17-35(33)36-18-5-6-19-37(36)42/h1-28H. The first-order valence-electron chi connectivity index (χ1n) is 15.3. The Morgan fingerprint density at radius 2 is 0.727 bits per heavy atom. The molecular weight excluding hydrogens is 528 g/mol. The molecule has 0 saturated heterocycles. The van der Waals surface area contributed by atoms with Crippen LogP contribution in [0.5, 0.6) is 0 Å². The van der Waals surface area contributed by atoms with Crippen LogP contribution in [0.15, 0.2) is 170 Å². The Morgan fingerprint density at radius 1 is 0.227 bits per heavy atom. The van der Waals surface area contributed by atoms with Gasteiger partial charge in [-0.25, -0.2) is 0 Å². The summed E-state index contributed by atoms with van der Waals surface area (Å²) >= 11 is 0. The molecule has 0 aliphatic carbocycles. The van der Waals surface area contributed by atoms with E-state index in [4.69, 9.17) is 0 Å². The minimum absolute atomic E-state index is 1.23. The van der Waals surface area contributed by atoms with Crippen LogP contribution in [0.3, 0.4) is 0 Å². The lowest BCUT2D eigenvalue weighted by molar-refractivity contribution is 1.63. The van der Waals surface area contributed by atoms with Crippen LogP contribution >= 0.6 is 0 Å². The lowest BCUT2D eigenvalue weighted by Crippen LogP contribution is -1.92. The number of benzene rings is 9. The van der Waals surface area contributed by atoms with Crippen molar-refractivity contribution >= 4 is 53.9 Å². The Kier molecular flexibility index (Phi) is 5.61. The topological polar surface area (TPSA) is 0 Å². The SMILES string of the molecule is c1cc(-c2ccc3ccccc3c2)cc(-c2c3ccccc3c(-c3cc4ccccc4c4ccccc34)c3ccccc23)c1. The maximum atomic E-state index is 2.39. The van der Waals surface area contributed by atoms with E-state index in [-0.39, 0.29) is 0 Å². The second kappa shape index (κ2) is 9.93. The van der Waals surface area contributed by atoms with Crippen LogP contribution in [0.4, 0.5) is 0 Å². The molecule has 0 unspecified atom stereocenters. The molecule has 0 amide bonds. The zero-order valence-electron chi connectivity index (χ0n) is 24.2. The first kappa shape index (κ1) is 24.8. The van der Waals surface area contributed by atoms with Gasteiger partial charge in [-0.3, -0.25) is 0 Å². The van der Waals surface area contributed by atoms with Crippen molar-refractivity contribution in [1.82, 2.24) is 0 Å². The summed E-state index contributed by atoms with van der Waals surface area (Å²) in [7, 11) is 0. The van der Waals surface area contributed by atoms with Gasteiger partial charge in [-0.1, -0.05) is 152 Å². The maximum absolute atomic E-state index is 2.39. The predicted octanol–water partition coefficient (Wildman–Crippen LogP) is 12.5. The molecule has 0 N–H and O–H groups in total. The van der Waals surface area contributed by atoms with Gasteiger partial charge < -0.3 is 0 Å². The highest BCUT2D eigenvalue weighted by atomic mass is 14.2. The molecule has 0 bridgehead atoms. The number of hydrogen-bond donors (Lipinski definition) is 0. The van der Waals surface area contributed by atoms with Gasteiger partial charge in [0.25, 0.3) is 0 Å². The van der Waals surface area contributed by atoms with Crippen LogP contribution in [0.25, 0.3) is 87.2 Å². The minimum atomic E-state index is 1.23. The number of hydrogen-bond acceptors (Lipinski definition) is 0. The van der Waals surface area contributed by atoms with Crippen molar-refractivity contribution in [3.63, 3.8) is 0 Å². The molecule has 0 aromatic heterocycles. The van der Waals surface area contributed by atoms with Gasteiger partial charge in [0.2, 0.25) is 0 Å². The fraction of sp³-hybridized carbons (Fsp3) is 0. The summed E-state index contributed by atoms with van der Waals surface area (Å²) in [6, 6.07) is 62.3. The van der Waals surface area contributed by atoms with Crippen LogP contribution in [0.2, 0.25) is 0 Å². The van der Waals surface area contributed by atoms with Crippen molar-refractivity contribution in [2.45, 2.75) is 0 Å². The molecule has 0 fully saturated rings. The van der Waals surface area contributed by atoms with Crippen molar-refractivity contribution < 1.29 is 0 Å². The summed E-state index contributed by atoms with van der Waals surface area (Å²) in [6.07, 6.45) is 0. The van der Waals surface area contributed by atoms with Gasteiger partial charge in [0.15, 0.2) is 0 Å². The molecule has 0 radical (unpaired) electrons. The summed E-state index contributed by atoms with van der Waals surface area (Å²) in [4.78, 5) is 0. The summed E-state index contributed by atoms with van der Waals surface area (Å²) in [5, 5.41) is 12.8. The van der Waals surface area contributed by atoms with Gasteiger partial charge in [-0.15, -0.1) is 0 Å². The van der Waals surface area contributed by atoms with Crippen molar-refractivity contribution in [2.24, 2.45) is 0 Å². The van der Waals surface area contributed by atoms with E-state index in [0.717, 1.165) is 0 Å². The molecule has 0 spiro atoms. The van der Waals surface area contributed by atoms with E-state index in [9.17, 15) is 0 Å². The predicted molar refractivity (Wildman–Crippen MR) is 190 cm³/mol. The summed E-state index contributed by atoms with van der Waals surface area (Å²) in [5.41, 5.74) is 7.56. The minimum Gasteiger partial charge on any atom is -0.0616 e. The first-order chi connectivity index (χ1) is 21.8. The van der Waals surface area contributed by atoms with Crippen LogP contribution in [-0.4, -0.2) is 0 Å². The Balaban J connectivity index is 1.35. The van der Waals surface area contributed by atoms with Gasteiger partial charge in [-0.2, -0.15) is 0 Å². The lowest BCUT2D eigenvalue weighted by Gasteiger charge is -2.20. The maximum Gasteiger partial charge on any atom is -0.00199 e. The van der Waals surface area contributed by atoms with Crippen LogP contribution in [0, 0.1) is 0 Å². The van der Waals surface area contributed by atoms with Gasteiger partial charge in [0.1, 0.15) is 0 Å². The fourth-order valence-corrected chi connectivity index (χ4v) is 7.21. The molecule has 44 heavy (non-hydrogen) atoms. The molecule has 204 valence electrons. The molecule has 0 atom stereocenters. The lowest BCUT2D eigenvalue weighted by atomic mass is 9.83. The first-order valence-corrected chi connectivity index (χ1v) is 15.3. The third-order valence-electron chi connectivity index (χ3n) is 9.20. The molecule has 0 aliphatic heterocycles. The third-order valence-corrected chi connectivity index (χ3v) is 9.20. The van der Waals surface area contributed by atoms with E-state index in [1.807, 2.05) is 0 Å². The fourth-order valence-electron chi connectivity index (χ4n) is 7.21. The molecule has 9 rings (SSSR count). The van der Waals surface area contributed by atoms with Crippen LogP contribution in [-0.2, 0) is 0 Å². The van der Waals surface area contributed by atoms with Gasteiger partial charge in [0.05, 0.1) is 0 Å². The number of fused-ring (bicyclic) bond motifs is 6. The quantitative estimate of drug-likeness (QED) is 0.150. The van der Waals surface area contributed by atoms with E-state index in [1.165, 1.54) is 87.2 Å². The molecular formula is C44H28. The molecule has 0 heterocycles. The Hall–Kier alpha value is -5.72. The monoisotopic (exact) mass is 556 g/mol. The molecule has 0 nitrogen and oxygen atoms in total. The zero-order chi connectivity index (χ0) is 29.0. The van der Waals surface area contributed by atoms with Gasteiger partial charge in [0, 0.05) is 0 Å². The second-order valence-corrected chi connectivity index (χ2v) is 11.7. The largest absolute Gasteiger partial charge is 0.0616 e. The Labute approximate surface area is 256 Å². The summed E-state index contributed by atoms with van der Waals surface area (Å²) in [5.74, 6) is 0. The zero-order valence-corrected chi connectivity index (χ0v) is 24.2. The summed E-state index contributed by atoms with van der Waals surface area (Å²) < 4.78 is 0. The van der Waals surface area contributed by atoms with E-state index >= 15 is 0 Å². The number of rotatable bonds is 3. The second-order valence-electron chi connectivity index (χ2n) is 11.7. The van der Waals surface area contributed by atoms with Crippen molar-refractivity contribution in [2.75, 3.05) is 0 Å². The van der Waals surface area contributed by atoms with E-state index in [2.05, 4.69) is 170 Å². The third kappa shape index (κ3) is 3.85. The van der Waals surface area contributed by atoms with E-state index in [1.54, 1.807) is 0 Å². The smallest absolute Gasteiger partial charge is 0.00199 e. The average molecular weight is 557 g/mol. The van der Waals surface area contributed by atoms with Crippen molar-refractivity contribution in [3.8, 4) is 33.4 Å². The molecule has 0 aliphatic rings.